The molecule has 8 nitrogen and oxygen atoms in total. The maximum Gasteiger partial charge on any atom is 0.409 e. The molecule has 1 aromatic heterocycles. The Morgan fingerprint density at radius 1 is 1.13 bits per heavy atom. The molecule has 2 heterocycles. The number of aromatic nitrogens is 2. The lowest BCUT2D eigenvalue weighted by Gasteiger charge is -2.22. The SMILES string of the molecule is CC(C)COC(=O)N1CCCN(C(=O)CCCc2nc3ccccc3c(=O)[nH]2)CC1. The lowest BCUT2D eigenvalue weighted by molar-refractivity contribution is -0.131. The van der Waals surface area contributed by atoms with Crippen LogP contribution < -0.4 is 5.56 Å². The standard InChI is InChI=1S/C22H30N4O4/c1-16(2)15-30-22(29)26-12-6-11-25(13-14-26)20(27)10-5-9-19-23-18-8-4-3-7-17(18)21(28)24-19/h3-4,7-8,16H,5-6,9-15H2,1-2H3,(H,23,24,28). The predicted molar refractivity (Wildman–Crippen MR) is 114 cm³/mol. The molecule has 0 spiro atoms. The number of ether oxygens (including phenoxy) is 1. The highest BCUT2D eigenvalue weighted by Crippen LogP contribution is 2.11. The van der Waals surface area contributed by atoms with Crippen LogP contribution in [0.3, 0.4) is 0 Å². The van der Waals surface area contributed by atoms with Crippen molar-refractivity contribution in [3.05, 3.63) is 40.4 Å². The molecule has 1 aromatic carbocycles. The molecule has 1 N–H and O–H groups in total. The van der Waals surface area contributed by atoms with Gasteiger partial charge in [0.25, 0.3) is 5.56 Å². The maximum atomic E-state index is 12.6. The van der Waals surface area contributed by atoms with Crippen LogP contribution in [0.2, 0.25) is 0 Å². The molecular formula is C22H30N4O4. The number of fused-ring (bicyclic) bond motifs is 1. The van der Waals surface area contributed by atoms with E-state index in [-0.39, 0.29) is 17.6 Å². The highest BCUT2D eigenvalue weighted by Gasteiger charge is 2.22. The zero-order chi connectivity index (χ0) is 21.5. The summed E-state index contributed by atoms with van der Waals surface area (Å²) in [4.78, 5) is 47.7. The van der Waals surface area contributed by atoms with E-state index in [0.29, 0.717) is 74.7 Å². The third kappa shape index (κ3) is 5.81. The molecule has 0 saturated carbocycles. The molecule has 0 bridgehead atoms. The Hall–Kier alpha value is -2.90. The summed E-state index contributed by atoms with van der Waals surface area (Å²) in [5.74, 6) is 0.961. The van der Waals surface area contributed by atoms with Gasteiger partial charge in [0.2, 0.25) is 5.91 Å². The zero-order valence-electron chi connectivity index (χ0n) is 17.7. The van der Waals surface area contributed by atoms with Gasteiger partial charge in [-0.25, -0.2) is 9.78 Å². The highest BCUT2D eigenvalue weighted by atomic mass is 16.6. The molecule has 0 unspecified atom stereocenters. The highest BCUT2D eigenvalue weighted by molar-refractivity contribution is 5.77. The Labute approximate surface area is 176 Å². The van der Waals surface area contributed by atoms with Gasteiger partial charge in [-0.05, 0) is 30.9 Å². The molecule has 1 aliphatic rings. The van der Waals surface area contributed by atoms with E-state index < -0.39 is 0 Å². The number of nitrogens with zero attached hydrogens (tertiary/aromatic N) is 3. The molecule has 8 heteroatoms. The third-order valence-corrected chi connectivity index (χ3v) is 5.11. The van der Waals surface area contributed by atoms with Crippen molar-refractivity contribution in [3.63, 3.8) is 0 Å². The molecular weight excluding hydrogens is 384 g/mol. The second-order valence-corrected chi connectivity index (χ2v) is 8.08. The number of hydrogen-bond donors (Lipinski definition) is 1. The Morgan fingerprint density at radius 2 is 1.87 bits per heavy atom. The van der Waals surface area contributed by atoms with Gasteiger partial charge in [0, 0.05) is 39.0 Å². The summed E-state index contributed by atoms with van der Waals surface area (Å²) in [7, 11) is 0. The maximum absolute atomic E-state index is 12.6. The number of nitrogens with one attached hydrogen (secondary N) is 1. The van der Waals surface area contributed by atoms with Gasteiger partial charge in [-0.2, -0.15) is 0 Å². The fourth-order valence-corrected chi connectivity index (χ4v) is 3.50. The van der Waals surface area contributed by atoms with Crippen LogP contribution >= 0.6 is 0 Å². The molecule has 1 saturated heterocycles. The van der Waals surface area contributed by atoms with E-state index >= 15 is 0 Å². The first-order valence-electron chi connectivity index (χ1n) is 10.6. The second kappa shape index (κ2) is 10.2. The summed E-state index contributed by atoms with van der Waals surface area (Å²) in [6.45, 7) is 6.64. The quantitative estimate of drug-likeness (QED) is 0.784. The van der Waals surface area contributed by atoms with Crippen molar-refractivity contribution in [1.82, 2.24) is 19.8 Å². The van der Waals surface area contributed by atoms with Crippen molar-refractivity contribution < 1.29 is 14.3 Å². The molecule has 30 heavy (non-hydrogen) atoms. The molecule has 162 valence electrons. The van der Waals surface area contributed by atoms with E-state index in [9.17, 15) is 14.4 Å². The zero-order valence-corrected chi connectivity index (χ0v) is 17.7. The minimum Gasteiger partial charge on any atom is -0.449 e. The first kappa shape index (κ1) is 21.8. The van der Waals surface area contributed by atoms with Gasteiger partial charge in [0.05, 0.1) is 17.5 Å². The van der Waals surface area contributed by atoms with Crippen LogP contribution in [-0.2, 0) is 16.0 Å². The average molecular weight is 415 g/mol. The minimum atomic E-state index is -0.302. The number of aromatic amines is 1. The summed E-state index contributed by atoms with van der Waals surface area (Å²) in [6.07, 6.45) is 1.96. The van der Waals surface area contributed by atoms with Crippen LogP contribution in [0.1, 0.15) is 38.9 Å². The number of carbonyl (C=O) groups excluding carboxylic acids is 2. The molecule has 2 amide bonds. The molecule has 0 radical (unpaired) electrons. The summed E-state index contributed by atoms with van der Waals surface area (Å²) in [5.41, 5.74) is 0.512. The minimum absolute atomic E-state index is 0.0653. The Kier molecular flexibility index (Phi) is 7.43. The topological polar surface area (TPSA) is 95.6 Å². The number of benzene rings is 1. The van der Waals surface area contributed by atoms with Gasteiger partial charge < -0.3 is 19.5 Å². The first-order valence-corrected chi connectivity index (χ1v) is 10.6. The van der Waals surface area contributed by atoms with E-state index in [1.54, 1.807) is 11.0 Å². The number of para-hydroxylation sites is 1. The van der Waals surface area contributed by atoms with Gasteiger partial charge in [-0.1, -0.05) is 26.0 Å². The number of amides is 2. The molecule has 1 fully saturated rings. The summed E-state index contributed by atoms with van der Waals surface area (Å²) < 4.78 is 5.30. The molecule has 0 atom stereocenters. The Balaban J connectivity index is 1.47. The fraction of sp³-hybridized carbons (Fsp3) is 0.545. The van der Waals surface area contributed by atoms with Crippen molar-refractivity contribution in [2.45, 2.75) is 39.5 Å². The van der Waals surface area contributed by atoms with Crippen molar-refractivity contribution in [1.29, 1.82) is 0 Å². The van der Waals surface area contributed by atoms with E-state index in [0.717, 1.165) is 6.42 Å². The third-order valence-electron chi connectivity index (χ3n) is 5.11. The summed E-state index contributed by atoms with van der Waals surface area (Å²) in [6, 6.07) is 7.22. The number of rotatable bonds is 6. The second-order valence-electron chi connectivity index (χ2n) is 8.08. The monoisotopic (exact) mass is 414 g/mol. The molecule has 0 aliphatic carbocycles. The normalized spacial score (nSPS) is 14.8. The van der Waals surface area contributed by atoms with Gasteiger partial charge in [0.15, 0.2) is 0 Å². The van der Waals surface area contributed by atoms with Crippen molar-refractivity contribution >= 4 is 22.9 Å². The van der Waals surface area contributed by atoms with E-state index in [4.69, 9.17) is 4.74 Å². The van der Waals surface area contributed by atoms with Crippen LogP contribution in [0.5, 0.6) is 0 Å². The van der Waals surface area contributed by atoms with Crippen molar-refractivity contribution in [2.75, 3.05) is 32.8 Å². The Bertz CT molecular complexity index is 940. The van der Waals surface area contributed by atoms with Crippen LogP contribution in [0.25, 0.3) is 10.9 Å². The van der Waals surface area contributed by atoms with Crippen LogP contribution in [0, 0.1) is 5.92 Å². The van der Waals surface area contributed by atoms with Crippen LogP contribution in [0.15, 0.2) is 29.1 Å². The first-order chi connectivity index (χ1) is 14.4. The van der Waals surface area contributed by atoms with Crippen LogP contribution in [0.4, 0.5) is 4.79 Å². The Morgan fingerprint density at radius 3 is 2.67 bits per heavy atom. The van der Waals surface area contributed by atoms with Crippen molar-refractivity contribution in [2.24, 2.45) is 5.92 Å². The largest absolute Gasteiger partial charge is 0.449 e. The number of hydrogen-bond acceptors (Lipinski definition) is 5. The average Bonchev–Trinajstić information content (AvgIpc) is 2.98. The lowest BCUT2D eigenvalue weighted by Crippen LogP contribution is -2.37. The fourth-order valence-electron chi connectivity index (χ4n) is 3.50. The van der Waals surface area contributed by atoms with Crippen molar-refractivity contribution in [3.8, 4) is 0 Å². The number of H-pyrrole nitrogens is 1. The predicted octanol–water partition coefficient (Wildman–Crippen LogP) is 2.57. The van der Waals surface area contributed by atoms with Crippen LogP contribution in [-0.4, -0.2) is 64.6 Å². The molecule has 2 aromatic rings. The van der Waals surface area contributed by atoms with Gasteiger partial charge in [0.1, 0.15) is 5.82 Å². The van der Waals surface area contributed by atoms with E-state index in [1.807, 2.05) is 36.9 Å². The molecule has 1 aliphatic heterocycles. The molecule has 3 rings (SSSR count). The summed E-state index contributed by atoms with van der Waals surface area (Å²) in [5, 5.41) is 0.568. The summed E-state index contributed by atoms with van der Waals surface area (Å²) >= 11 is 0. The lowest BCUT2D eigenvalue weighted by atomic mass is 10.2. The smallest absolute Gasteiger partial charge is 0.409 e. The van der Waals surface area contributed by atoms with Gasteiger partial charge in [-0.3, -0.25) is 9.59 Å². The number of aryl methyl sites for hydroxylation is 1. The van der Waals surface area contributed by atoms with Gasteiger partial charge in [-0.15, -0.1) is 0 Å². The van der Waals surface area contributed by atoms with E-state index in [1.165, 1.54) is 0 Å². The van der Waals surface area contributed by atoms with Gasteiger partial charge >= 0.3 is 6.09 Å². The number of carbonyl (C=O) groups is 2. The van der Waals surface area contributed by atoms with E-state index in [2.05, 4.69) is 9.97 Å².